The molecule has 1 heterocycles. The maximum atomic E-state index is 11.9. The lowest BCUT2D eigenvalue weighted by atomic mass is 9.97. The summed E-state index contributed by atoms with van der Waals surface area (Å²) in [6, 6.07) is 9.06. The third kappa shape index (κ3) is 5.73. The zero-order chi connectivity index (χ0) is 14.2. The van der Waals surface area contributed by atoms with Crippen molar-refractivity contribution in [3.63, 3.8) is 0 Å². The molecule has 5 nitrogen and oxygen atoms in total. The lowest BCUT2D eigenvalue weighted by Gasteiger charge is -2.21. The van der Waals surface area contributed by atoms with Gasteiger partial charge in [-0.05, 0) is 38.1 Å². The highest BCUT2D eigenvalue weighted by Gasteiger charge is 2.20. The first-order valence-corrected chi connectivity index (χ1v) is 7.09. The molecule has 1 aromatic rings. The molecule has 0 atom stereocenters. The molecule has 0 aliphatic carbocycles. The Hall–Kier alpha value is -1.59. The monoisotopic (exact) mass is 311 g/mol. The van der Waals surface area contributed by atoms with Gasteiger partial charge in [-0.15, -0.1) is 12.4 Å². The third-order valence-corrected chi connectivity index (χ3v) is 3.46. The summed E-state index contributed by atoms with van der Waals surface area (Å²) in [5.74, 6) is 0.100. The fourth-order valence-electron chi connectivity index (χ4n) is 2.28. The summed E-state index contributed by atoms with van der Waals surface area (Å²) in [6.45, 7) is 2.73. The van der Waals surface area contributed by atoms with Crippen LogP contribution in [0.2, 0.25) is 0 Å². The predicted octanol–water partition coefficient (Wildman–Crippen LogP) is 0.954. The van der Waals surface area contributed by atoms with Crippen LogP contribution in [0, 0.1) is 5.92 Å². The zero-order valence-electron chi connectivity index (χ0n) is 11.9. The summed E-state index contributed by atoms with van der Waals surface area (Å²) in [4.78, 5) is 23.6. The second-order valence-electron chi connectivity index (χ2n) is 4.94. The predicted molar refractivity (Wildman–Crippen MR) is 84.6 cm³/mol. The topological polar surface area (TPSA) is 70.2 Å². The van der Waals surface area contributed by atoms with E-state index in [9.17, 15) is 9.59 Å². The number of carbonyl (C=O) groups is 2. The maximum Gasteiger partial charge on any atom is 0.251 e. The average molecular weight is 312 g/mol. The first kappa shape index (κ1) is 17.5. The van der Waals surface area contributed by atoms with Gasteiger partial charge in [0.1, 0.15) is 0 Å². The smallest absolute Gasteiger partial charge is 0.251 e. The Labute approximate surface area is 131 Å². The number of rotatable bonds is 5. The highest BCUT2D eigenvalue weighted by atomic mass is 35.5. The van der Waals surface area contributed by atoms with Gasteiger partial charge in [0.25, 0.3) is 5.91 Å². The standard InChI is InChI=1S/C15H21N3O2.ClH/c19-14(12-4-2-1-3-5-12)17-10-11-18-15(20)13-6-8-16-9-7-13;/h1-5,13,16H,6-11H2,(H,17,19)(H,18,20);1H. The summed E-state index contributed by atoms with van der Waals surface area (Å²) in [7, 11) is 0. The van der Waals surface area contributed by atoms with Crippen LogP contribution in [0.4, 0.5) is 0 Å². The van der Waals surface area contributed by atoms with E-state index in [1.54, 1.807) is 12.1 Å². The van der Waals surface area contributed by atoms with E-state index in [2.05, 4.69) is 16.0 Å². The number of carbonyl (C=O) groups excluding carboxylic acids is 2. The molecule has 0 bridgehead atoms. The molecule has 21 heavy (non-hydrogen) atoms. The van der Waals surface area contributed by atoms with Crippen LogP contribution in [-0.4, -0.2) is 38.0 Å². The molecule has 1 aliphatic rings. The fraction of sp³-hybridized carbons (Fsp3) is 0.467. The van der Waals surface area contributed by atoms with E-state index in [1.807, 2.05) is 18.2 Å². The van der Waals surface area contributed by atoms with Gasteiger partial charge in [0.2, 0.25) is 5.91 Å². The van der Waals surface area contributed by atoms with Crippen molar-refractivity contribution < 1.29 is 9.59 Å². The number of amides is 2. The number of piperidine rings is 1. The Morgan fingerprint density at radius 3 is 2.33 bits per heavy atom. The zero-order valence-corrected chi connectivity index (χ0v) is 12.7. The van der Waals surface area contributed by atoms with Crippen LogP contribution >= 0.6 is 12.4 Å². The Kier molecular flexibility index (Phi) is 7.79. The highest BCUT2D eigenvalue weighted by molar-refractivity contribution is 5.94. The first-order chi connectivity index (χ1) is 9.77. The largest absolute Gasteiger partial charge is 0.354 e. The molecule has 0 unspecified atom stereocenters. The summed E-state index contributed by atoms with van der Waals surface area (Å²) < 4.78 is 0. The van der Waals surface area contributed by atoms with Crippen LogP contribution in [0.15, 0.2) is 30.3 Å². The van der Waals surface area contributed by atoms with E-state index < -0.39 is 0 Å². The minimum absolute atomic E-state index is 0. The van der Waals surface area contributed by atoms with Gasteiger partial charge in [0, 0.05) is 24.6 Å². The molecule has 1 aliphatic heterocycles. The van der Waals surface area contributed by atoms with Crippen LogP contribution in [-0.2, 0) is 4.79 Å². The second kappa shape index (κ2) is 9.37. The average Bonchev–Trinajstić information content (AvgIpc) is 2.53. The molecular formula is C15H22ClN3O2. The van der Waals surface area contributed by atoms with Crippen molar-refractivity contribution in [2.24, 2.45) is 5.92 Å². The molecule has 2 rings (SSSR count). The van der Waals surface area contributed by atoms with E-state index in [4.69, 9.17) is 0 Å². The third-order valence-electron chi connectivity index (χ3n) is 3.46. The molecule has 0 radical (unpaired) electrons. The molecule has 1 saturated heterocycles. The number of nitrogens with one attached hydrogen (secondary N) is 3. The summed E-state index contributed by atoms with van der Waals surface area (Å²) in [6.07, 6.45) is 1.78. The Morgan fingerprint density at radius 2 is 1.67 bits per heavy atom. The van der Waals surface area contributed by atoms with Crippen LogP contribution in [0.1, 0.15) is 23.2 Å². The Morgan fingerprint density at radius 1 is 1.05 bits per heavy atom. The van der Waals surface area contributed by atoms with Crippen LogP contribution in [0.5, 0.6) is 0 Å². The molecule has 0 saturated carbocycles. The van der Waals surface area contributed by atoms with Gasteiger partial charge in [-0.3, -0.25) is 9.59 Å². The molecule has 1 aromatic carbocycles. The SMILES string of the molecule is Cl.O=C(NCCNC(=O)C1CCNCC1)c1ccccc1. The van der Waals surface area contributed by atoms with Crippen molar-refractivity contribution >= 4 is 24.2 Å². The van der Waals surface area contributed by atoms with Gasteiger partial charge in [-0.1, -0.05) is 18.2 Å². The summed E-state index contributed by atoms with van der Waals surface area (Å²) in [5, 5.41) is 8.90. The van der Waals surface area contributed by atoms with E-state index in [0.29, 0.717) is 18.7 Å². The molecule has 1 fully saturated rings. The van der Waals surface area contributed by atoms with Crippen molar-refractivity contribution in [3.05, 3.63) is 35.9 Å². The number of benzene rings is 1. The summed E-state index contributed by atoms with van der Waals surface area (Å²) >= 11 is 0. The molecule has 0 aromatic heterocycles. The van der Waals surface area contributed by atoms with Crippen LogP contribution < -0.4 is 16.0 Å². The number of hydrogen-bond donors (Lipinski definition) is 3. The first-order valence-electron chi connectivity index (χ1n) is 7.09. The molecular weight excluding hydrogens is 290 g/mol. The second-order valence-corrected chi connectivity index (χ2v) is 4.94. The van der Waals surface area contributed by atoms with Gasteiger partial charge in [-0.2, -0.15) is 0 Å². The van der Waals surface area contributed by atoms with E-state index in [1.165, 1.54) is 0 Å². The molecule has 2 amide bonds. The normalized spacial score (nSPS) is 14.9. The van der Waals surface area contributed by atoms with Gasteiger partial charge in [0.05, 0.1) is 0 Å². The van der Waals surface area contributed by atoms with Gasteiger partial charge in [-0.25, -0.2) is 0 Å². The molecule has 6 heteroatoms. The molecule has 116 valence electrons. The molecule has 0 spiro atoms. The Balaban J connectivity index is 0.00000220. The quantitative estimate of drug-likeness (QED) is 0.709. The lowest BCUT2D eigenvalue weighted by Crippen LogP contribution is -2.41. The minimum Gasteiger partial charge on any atom is -0.354 e. The van der Waals surface area contributed by atoms with E-state index >= 15 is 0 Å². The van der Waals surface area contributed by atoms with Crippen molar-refractivity contribution in [3.8, 4) is 0 Å². The van der Waals surface area contributed by atoms with E-state index in [0.717, 1.165) is 25.9 Å². The van der Waals surface area contributed by atoms with Crippen molar-refractivity contribution in [2.45, 2.75) is 12.8 Å². The molecule has 3 N–H and O–H groups in total. The highest BCUT2D eigenvalue weighted by Crippen LogP contribution is 2.10. The van der Waals surface area contributed by atoms with Crippen LogP contribution in [0.25, 0.3) is 0 Å². The fourth-order valence-corrected chi connectivity index (χ4v) is 2.28. The lowest BCUT2D eigenvalue weighted by molar-refractivity contribution is -0.125. The van der Waals surface area contributed by atoms with Gasteiger partial charge in [0.15, 0.2) is 0 Å². The minimum atomic E-state index is -0.110. The summed E-state index contributed by atoms with van der Waals surface area (Å²) in [5.41, 5.74) is 0.636. The number of halogens is 1. The van der Waals surface area contributed by atoms with Crippen LogP contribution in [0.3, 0.4) is 0 Å². The maximum absolute atomic E-state index is 11.9. The Bertz CT molecular complexity index is 447. The number of hydrogen-bond acceptors (Lipinski definition) is 3. The van der Waals surface area contributed by atoms with Crippen molar-refractivity contribution in [1.82, 2.24) is 16.0 Å². The van der Waals surface area contributed by atoms with Crippen molar-refractivity contribution in [2.75, 3.05) is 26.2 Å². The van der Waals surface area contributed by atoms with Crippen molar-refractivity contribution in [1.29, 1.82) is 0 Å². The van der Waals surface area contributed by atoms with Gasteiger partial charge < -0.3 is 16.0 Å². The van der Waals surface area contributed by atoms with Gasteiger partial charge >= 0.3 is 0 Å². The van der Waals surface area contributed by atoms with E-state index in [-0.39, 0.29) is 30.1 Å².